The van der Waals surface area contributed by atoms with Gasteiger partial charge in [0.2, 0.25) is 0 Å². The van der Waals surface area contributed by atoms with Gasteiger partial charge in [-0.05, 0) is 19.8 Å². The summed E-state index contributed by atoms with van der Waals surface area (Å²) in [5, 5.41) is 4.79. The Morgan fingerprint density at radius 1 is 1.50 bits per heavy atom. The van der Waals surface area contributed by atoms with Crippen LogP contribution in [0.25, 0.3) is 5.78 Å². The van der Waals surface area contributed by atoms with Crippen LogP contribution < -0.4 is 4.90 Å². The van der Waals surface area contributed by atoms with Crippen molar-refractivity contribution in [1.82, 2.24) is 19.6 Å². The molecule has 0 radical (unpaired) electrons. The van der Waals surface area contributed by atoms with Crippen molar-refractivity contribution in [2.75, 3.05) is 18.0 Å². The van der Waals surface area contributed by atoms with Crippen LogP contribution in [0.2, 0.25) is 5.15 Å². The van der Waals surface area contributed by atoms with Gasteiger partial charge in [0.05, 0.1) is 0 Å². The highest BCUT2D eigenvalue weighted by Crippen LogP contribution is 2.33. The molecule has 2 rings (SSSR count). The molecule has 0 aromatic carbocycles. The fourth-order valence-corrected chi connectivity index (χ4v) is 2.66. The highest BCUT2D eigenvalue weighted by Gasteiger charge is 2.22. The maximum Gasteiger partial charge on any atom is 0.255 e. The lowest BCUT2D eigenvalue weighted by atomic mass is 10.1. The Bertz CT molecular complexity index is 632. The van der Waals surface area contributed by atoms with E-state index in [1.54, 1.807) is 4.52 Å². The van der Waals surface area contributed by atoms with Crippen LogP contribution in [0.4, 0.5) is 5.82 Å². The molecule has 0 atom stereocenters. The molecule has 2 aromatic rings. The lowest BCUT2D eigenvalue weighted by molar-refractivity contribution is 0.762. The molecule has 0 bridgehead atoms. The second-order valence-corrected chi connectivity index (χ2v) is 5.60. The molecule has 0 fully saturated rings. The third-order valence-corrected chi connectivity index (χ3v) is 3.40. The van der Waals surface area contributed by atoms with E-state index in [-0.39, 0.29) is 5.92 Å². The summed E-state index contributed by atoms with van der Waals surface area (Å²) in [6, 6.07) is 0. The quantitative estimate of drug-likeness (QED) is 0.627. The second kappa shape index (κ2) is 5.79. The number of fused-ring (bicyclic) bond motifs is 1. The number of nitrogens with zero attached hydrogens (tertiary/aromatic N) is 5. The Labute approximate surface area is 124 Å². The van der Waals surface area contributed by atoms with Crippen LogP contribution in [0.1, 0.15) is 39.2 Å². The van der Waals surface area contributed by atoms with E-state index in [4.69, 9.17) is 11.6 Å². The molecule has 0 aliphatic carbocycles. The predicted octanol–water partition coefficient (Wildman–Crippen LogP) is 3.30. The zero-order chi connectivity index (χ0) is 14.9. The third-order valence-electron chi connectivity index (χ3n) is 3.11. The molecular formula is C14H20ClN5. The van der Waals surface area contributed by atoms with E-state index in [2.05, 4.69) is 47.3 Å². The highest BCUT2D eigenvalue weighted by molar-refractivity contribution is 6.30. The molecule has 0 aliphatic rings. The minimum absolute atomic E-state index is 0.248. The number of halogens is 1. The van der Waals surface area contributed by atoms with Gasteiger partial charge in [-0.2, -0.15) is 19.6 Å². The summed E-state index contributed by atoms with van der Waals surface area (Å²) < 4.78 is 1.76. The zero-order valence-electron chi connectivity index (χ0n) is 12.4. The first-order valence-electron chi connectivity index (χ1n) is 6.74. The Morgan fingerprint density at radius 3 is 2.75 bits per heavy atom. The number of hydrogen-bond donors (Lipinski definition) is 0. The Balaban J connectivity index is 2.71. The van der Waals surface area contributed by atoms with Crippen molar-refractivity contribution in [2.45, 2.75) is 33.6 Å². The largest absolute Gasteiger partial charge is 0.352 e. The second-order valence-electron chi connectivity index (χ2n) is 5.24. The van der Waals surface area contributed by atoms with Crippen molar-refractivity contribution < 1.29 is 0 Å². The molecular weight excluding hydrogens is 274 g/mol. The van der Waals surface area contributed by atoms with Gasteiger partial charge >= 0.3 is 0 Å². The highest BCUT2D eigenvalue weighted by atomic mass is 35.5. The van der Waals surface area contributed by atoms with Gasteiger partial charge in [0.15, 0.2) is 0 Å². The summed E-state index contributed by atoms with van der Waals surface area (Å²) in [6.07, 6.45) is 1.50. The summed E-state index contributed by atoms with van der Waals surface area (Å²) in [7, 11) is 0. The predicted molar refractivity (Wildman–Crippen MR) is 82.6 cm³/mol. The van der Waals surface area contributed by atoms with Crippen LogP contribution in [0.5, 0.6) is 0 Å². The van der Waals surface area contributed by atoms with Crippen molar-refractivity contribution in [3.8, 4) is 0 Å². The van der Waals surface area contributed by atoms with E-state index >= 15 is 0 Å². The molecule has 0 saturated heterocycles. The smallest absolute Gasteiger partial charge is 0.255 e. The van der Waals surface area contributed by atoms with Crippen molar-refractivity contribution >= 4 is 23.2 Å². The van der Waals surface area contributed by atoms with Crippen LogP contribution >= 0.6 is 11.6 Å². The minimum atomic E-state index is 0.248. The molecule has 0 saturated carbocycles. The molecule has 0 N–H and O–H groups in total. The van der Waals surface area contributed by atoms with Crippen molar-refractivity contribution in [1.29, 1.82) is 0 Å². The summed E-state index contributed by atoms with van der Waals surface area (Å²) in [4.78, 5) is 10.7. The number of rotatable bonds is 5. The van der Waals surface area contributed by atoms with Crippen LogP contribution in [-0.2, 0) is 0 Å². The Kier molecular flexibility index (Phi) is 4.28. The molecule has 2 heterocycles. The monoisotopic (exact) mass is 293 g/mol. The first-order valence-corrected chi connectivity index (χ1v) is 7.12. The van der Waals surface area contributed by atoms with E-state index in [0.717, 1.165) is 30.0 Å². The third kappa shape index (κ3) is 2.63. The van der Waals surface area contributed by atoms with E-state index in [1.807, 2.05) is 6.92 Å². The van der Waals surface area contributed by atoms with Gasteiger partial charge in [0, 0.05) is 18.7 Å². The summed E-state index contributed by atoms with van der Waals surface area (Å²) in [5.74, 6) is 1.73. The van der Waals surface area contributed by atoms with Crippen LogP contribution in [0.3, 0.4) is 0 Å². The fourth-order valence-electron chi connectivity index (χ4n) is 2.28. The molecule has 0 amide bonds. The van der Waals surface area contributed by atoms with E-state index in [9.17, 15) is 0 Å². The Morgan fingerprint density at radius 2 is 2.20 bits per heavy atom. The average molecular weight is 294 g/mol. The van der Waals surface area contributed by atoms with E-state index in [1.165, 1.54) is 6.33 Å². The first kappa shape index (κ1) is 14.8. The van der Waals surface area contributed by atoms with Crippen molar-refractivity contribution in [3.63, 3.8) is 0 Å². The Hall–Kier alpha value is -1.62. The average Bonchev–Trinajstić information content (AvgIpc) is 2.81. The van der Waals surface area contributed by atoms with Crippen LogP contribution in [0.15, 0.2) is 18.5 Å². The molecule has 108 valence electrons. The fraction of sp³-hybridized carbons (Fsp3) is 0.500. The molecule has 0 aliphatic heterocycles. The molecule has 5 nitrogen and oxygen atoms in total. The number of aromatic nitrogens is 4. The number of likely N-dealkylation sites (N-methyl/N-ethyl adjacent to an activating group) is 1. The van der Waals surface area contributed by atoms with Crippen molar-refractivity contribution in [2.24, 2.45) is 0 Å². The van der Waals surface area contributed by atoms with Gasteiger partial charge < -0.3 is 4.90 Å². The van der Waals surface area contributed by atoms with Gasteiger partial charge in [-0.15, -0.1) is 0 Å². The number of anilines is 1. The van der Waals surface area contributed by atoms with Gasteiger partial charge in [0.1, 0.15) is 17.3 Å². The SMILES string of the molecule is C=C(C)CN(CC)c1c(C(C)C)c(Cl)nc2ncnn12. The maximum absolute atomic E-state index is 6.36. The van der Waals surface area contributed by atoms with Gasteiger partial charge in [-0.3, -0.25) is 0 Å². The molecule has 20 heavy (non-hydrogen) atoms. The first-order chi connectivity index (χ1) is 9.45. The maximum atomic E-state index is 6.36. The normalized spacial score (nSPS) is 11.3. The van der Waals surface area contributed by atoms with E-state index in [0.29, 0.717) is 10.9 Å². The summed E-state index contributed by atoms with van der Waals surface area (Å²) in [5.41, 5.74) is 2.08. The van der Waals surface area contributed by atoms with Crippen LogP contribution in [-0.4, -0.2) is 32.7 Å². The van der Waals surface area contributed by atoms with Crippen LogP contribution in [0, 0.1) is 0 Å². The van der Waals surface area contributed by atoms with Gasteiger partial charge in [-0.25, -0.2) is 0 Å². The molecule has 0 spiro atoms. The van der Waals surface area contributed by atoms with Crippen molar-refractivity contribution in [3.05, 3.63) is 29.2 Å². The lowest BCUT2D eigenvalue weighted by Crippen LogP contribution is -2.29. The van der Waals surface area contributed by atoms with E-state index < -0.39 is 0 Å². The lowest BCUT2D eigenvalue weighted by Gasteiger charge is -2.27. The van der Waals surface area contributed by atoms with Gasteiger partial charge in [-0.1, -0.05) is 37.6 Å². The summed E-state index contributed by atoms with van der Waals surface area (Å²) >= 11 is 6.36. The minimum Gasteiger partial charge on any atom is -0.352 e. The molecule has 2 aromatic heterocycles. The molecule has 0 unspecified atom stereocenters. The standard InChI is InChI=1S/C14H20ClN5/c1-6-19(7-9(2)3)13-11(10(4)5)12(15)18-14-16-8-17-20(13)14/h8,10H,2,6-7H2,1,3-5H3. The van der Waals surface area contributed by atoms with Gasteiger partial charge in [0.25, 0.3) is 5.78 Å². The number of hydrogen-bond acceptors (Lipinski definition) is 4. The zero-order valence-corrected chi connectivity index (χ0v) is 13.1. The molecule has 6 heteroatoms. The topological polar surface area (TPSA) is 46.3 Å². The summed E-state index contributed by atoms with van der Waals surface area (Å²) in [6.45, 7) is 13.9.